The predicted octanol–water partition coefficient (Wildman–Crippen LogP) is 2.51. The van der Waals surface area contributed by atoms with Gasteiger partial charge in [0.2, 0.25) is 0 Å². The molecule has 0 spiro atoms. The molecule has 0 radical (unpaired) electrons. The molecule has 1 aromatic heterocycles. The second kappa shape index (κ2) is 5.85. The molecular formula is C14H25N3O. The van der Waals surface area contributed by atoms with Crippen molar-refractivity contribution >= 4 is 0 Å². The maximum Gasteiger partial charge on any atom is 0.0887 e. The molecule has 1 atom stereocenters. The van der Waals surface area contributed by atoms with Crippen LogP contribution in [0.1, 0.15) is 51.3 Å². The largest absolute Gasteiger partial charge is 0.376 e. The van der Waals surface area contributed by atoms with E-state index in [2.05, 4.69) is 35.0 Å². The summed E-state index contributed by atoms with van der Waals surface area (Å²) in [5.74, 6) is 0. The molecule has 1 saturated carbocycles. The summed E-state index contributed by atoms with van der Waals surface area (Å²) in [6.45, 7) is 6.14. The van der Waals surface area contributed by atoms with Crippen LogP contribution in [0, 0.1) is 0 Å². The molecule has 1 aliphatic carbocycles. The highest BCUT2D eigenvalue weighted by atomic mass is 16.5. The van der Waals surface area contributed by atoms with Crippen LogP contribution >= 0.6 is 0 Å². The fraction of sp³-hybridized carbons (Fsp3) is 0.786. The molecule has 1 unspecified atom stereocenters. The number of ether oxygens (including phenoxy) is 1. The fourth-order valence-electron chi connectivity index (χ4n) is 3.20. The van der Waals surface area contributed by atoms with Gasteiger partial charge in [-0.15, -0.1) is 0 Å². The summed E-state index contributed by atoms with van der Waals surface area (Å²) in [4.78, 5) is 0. The van der Waals surface area contributed by atoms with E-state index in [1.165, 1.54) is 18.5 Å². The van der Waals surface area contributed by atoms with E-state index in [1.807, 2.05) is 13.3 Å². The van der Waals surface area contributed by atoms with Crippen molar-refractivity contribution in [2.24, 2.45) is 0 Å². The molecule has 0 aliphatic heterocycles. The van der Waals surface area contributed by atoms with E-state index < -0.39 is 0 Å². The number of rotatable bonds is 6. The minimum Gasteiger partial charge on any atom is -0.376 e. The van der Waals surface area contributed by atoms with Crippen molar-refractivity contribution < 1.29 is 4.74 Å². The van der Waals surface area contributed by atoms with E-state index in [1.54, 1.807) is 0 Å². The Bertz CT molecular complexity index is 369. The zero-order chi connectivity index (χ0) is 13.0. The summed E-state index contributed by atoms with van der Waals surface area (Å²) in [7, 11) is 1.85. The third-order valence-corrected chi connectivity index (χ3v) is 4.14. The second-order valence-corrected chi connectivity index (χ2v) is 5.04. The highest BCUT2D eigenvalue weighted by Crippen LogP contribution is 2.42. The molecule has 1 aliphatic rings. The lowest BCUT2D eigenvalue weighted by Gasteiger charge is -2.37. The molecule has 18 heavy (non-hydrogen) atoms. The van der Waals surface area contributed by atoms with Crippen LogP contribution in [0.15, 0.2) is 12.3 Å². The van der Waals surface area contributed by atoms with Gasteiger partial charge in [-0.1, -0.05) is 19.8 Å². The van der Waals surface area contributed by atoms with E-state index in [4.69, 9.17) is 4.74 Å². The van der Waals surface area contributed by atoms with Gasteiger partial charge >= 0.3 is 0 Å². The van der Waals surface area contributed by atoms with Gasteiger partial charge in [-0.2, -0.15) is 5.10 Å². The van der Waals surface area contributed by atoms with Gasteiger partial charge in [0.1, 0.15) is 0 Å². The SMILES string of the molecule is CCNC(c1ccnn1CC)C1(OC)CCCC1. The Kier molecular flexibility index (Phi) is 4.40. The zero-order valence-corrected chi connectivity index (χ0v) is 11.8. The van der Waals surface area contributed by atoms with Crippen LogP contribution in [-0.2, 0) is 11.3 Å². The van der Waals surface area contributed by atoms with Crippen LogP contribution < -0.4 is 5.32 Å². The van der Waals surface area contributed by atoms with Crippen molar-refractivity contribution in [3.05, 3.63) is 18.0 Å². The molecule has 0 amide bonds. The smallest absolute Gasteiger partial charge is 0.0887 e. The number of aryl methyl sites for hydroxylation is 1. The topological polar surface area (TPSA) is 39.1 Å². The van der Waals surface area contributed by atoms with E-state index in [9.17, 15) is 0 Å². The number of hydrogen-bond donors (Lipinski definition) is 1. The summed E-state index contributed by atoms with van der Waals surface area (Å²) in [5.41, 5.74) is 1.20. The van der Waals surface area contributed by atoms with Crippen LogP contribution in [-0.4, -0.2) is 29.0 Å². The molecule has 1 fully saturated rings. The number of hydrogen-bond acceptors (Lipinski definition) is 3. The van der Waals surface area contributed by atoms with Crippen molar-refractivity contribution in [2.75, 3.05) is 13.7 Å². The first-order valence-electron chi connectivity index (χ1n) is 7.07. The van der Waals surface area contributed by atoms with Gasteiger partial charge in [-0.25, -0.2) is 0 Å². The summed E-state index contributed by atoms with van der Waals surface area (Å²) in [5, 5.41) is 8.00. The highest BCUT2D eigenvalue weighted by Gasteiger charge is 2.43. The predicted molar refractivity (Wildman–Crippen MR) is 72.5 cm³/mol. The Labute approximate surface area is 110 Å². The summed E-state index contributed by atoms with van der Waals surface area (Å²) in [6.07, 6.45) is 6.68. The summed E-state index contributed by atoms with van der Waals surface area (Å²) >= 11 is 0. The van der Waals surface area contributed by atoms with Crippen LogP contribution in [0.4, 0.5) is 0 Å². The number of nitrogens with zero attached hydrogens (tertiary/aromatic N) is 2. The maximum atomic E-state index is 5.93. The minimum absolute atomic E-state index is 0.0526. The van der Waals surface area contributed by atoms with E-state index in [0.29, 0.717) is 0 Å². The van der Waals surface area contributed by atoms with Gasteiger partial charge in [0.05, 0.1) is 17.3 Å². The molecule has 0 saturated heterocycles. The molecule has 1 aromatic rings. The number of likely N-dealkylation sites (N-methyl/N-ethyl adjacent to an activating group) is 1. The van der Waals surface area contributed by atoms with Gasteiger partial charge in [0, 0.05) is 19.9 Å². The van der Waals surface area contributed by atoms with Crippen molar-refractivity contribution in [3.63, 3.8) is 0 Å². The average Bonchev–Trinajstić information content (AvgIpc) is 3.05. The van der Waals surface area contributed by atoms with Crippen molar-refractivity contribution in [3.8, 4) is 0 Å². The lowest BCUT2D eigenvalue weighted by atomic mass is 9.89. The van der Waals surface area contributed by atoms with Crippen LogP contribution in [0.5, 0.6) is 0 Å². The first-order chi connectivity index (χ1) is 8.77. The Morgan fingerprint density at radius 3 is 2.72 bits per heavy atom. The Hall–Kier alpha value is -0.870. The number of nitrogens with one attached hydrogen (secondary N) is 1. The summed E-state index contributed by atoms with van der Waals surface area (Å²) < 4.78 is 8.01. The van der Waals surface area contributed by atoms with Gasteiger partial charge < -0.3 is 10.1 Å². The monoisotopic (exact) mass is 251 g/mol. The van der Waals surface area contributed by atoms with E-state index in [0.717, 1.165) is 25.9 Å². The van der Waals surface area contributed by atoms with Crippen LogP contribution in [0.2, 0.25) is 0 Å². The molecule has 102 valence electrons. The summed E-state index contributed by atoms with van der Waals surface area (Å²) in [6, 6.07) is 2.37. The van der Waals surface area contributed by atoms with E-state index in [-0.39, 0.29) is 11.6 Å². The Morgan fingerprint density at radius 2 is 2.17 bits per heavy atom. The maximum absolute atomic E-state index is 5.93. The molecule has 0 bridgehead atoms. The van der Waals surface area contributed by atoms with Crippen molar-refractivity contribution in [2.45, 2.75) is 57.7 Å². The molecule has 1 heterocycles. The van der Waals surface area contributed by atoms with Crippen LogP contribution in [0.3, 0.4) is 0 Å². The molecule has 2 rings (SSSR count). The lowest BCUT2D eigenvalue weighted by molar-refractivity contribution is -0.0385. The first-order valence-corrected chi connectivity index (χ1v) is 7.07. The fourth-order valence-corrected chi connectivity index (χ4v) is 3.20. The normalized spacial score (nSPS) is 20.2. The molecule has 1 N–H and O–H groups in total. The molecule has 4 nitrogen and oxygen atoms in total. The van der Waals surface area contributed by atoms with E-state index >= 15 is 0 Å². The minimum atomic E-state index is -0.0526. The number of methoxy groups -OCH3 is 1. The van der Waals surface area contributed by atoms with Crippen LogP contribution in [0.25, 0.3) is 0 Å². The van der Waals surface area contributed by atoms with Gasteiger partial charge in [0.25, 0.3) is 0 Å². The quantitative estimate of drug-likeness (QED) is 0.844. The standard InChI is InChI=1S/C14H25N3O/c1-4-15-13(12-8-11-16-17(12)5-2)14(18-3)9-6-7-10-14/h8,11,13,15H,4-7,9-10H2,1-3H3. The zero-order valence-electron chi connectivity index (χ0n) is 11.8. The first kappa shape index (κ1) is 13.6. The third kappa shape index (κ3) is 2.31. The average molecular weight is 251 g/mol. The third-order valence-electron chi connectivity index (χ3n) is 4.14. The van der Waals surface area contributed by atoms with Crippen molar-refractivity contribution in [1.82, 2.24) is 15.1 Å². The lowest BCUT2D eigenvalue weighted by Crippen LogP contribution is -2.44. The van der Waals surface area contributed by atoms with Crippen molar-refractivity contribution in [1.29, 1.82) is 0 Å². The second-order valence-electron chi connectivity index (χ2n) is 5.04. The number of aromatic nitrogens is 2. The highest BCUT2D eigenvalue weighted by molar-refractivity contribution is 5.15. The van der Waals surface area contributed by atoms with Gasteiger partial charge in [-0.05, 0) is 32.4 Å². The Balaban J connectivity index is 2.32. The van der Waals surface area contributed by atoms with Gasteiger partial charge in [-0.3, -0.25) is 4.68 Å². The molecule has 0 aromatic carbocycles. The molecular weight excluding hydrogens is 226 g/mol. The molecule has 4 heteroatoms. The van der Waals surface area contributed by atoms with Gasteiger partial charge in [0.15, 0.2) is 0 Å². The Morgan fingerprint density at radius 1 is 1.44 bits per heavy atom.